The van der Waals surface area contributed by atoms with E-state index in [2.05, 4.69) is 25.8 Å². The molecule has 1 saturated heterocycles. The van der Waals surface area contributed by atoms with Crippen molar-refractivity contribution in [1.29, 1.82) is 0 Å². The molecule has 166 valence electrons. The molecule has 2 atom stereocenters. The summed E-state index contributed by atoms with van der Waals surface area (Å²) in [5.74, 6) is 0.464. The molecular formula is C25H22N4O3S. The fraction of sp³-hybridized carbons (Fsp3) is 0.160. The normalized spacial score (nSPS) is 17.7. The molecule has 0 aliphatic carbocycles. The molecule has 4 aromatic rings. The van der Waals surface area contributed by atoms with Crippen molar-refractivity contribution in [3.8, 4) is 5.69 Å². The van der Waals surface area contributed by atoms with Crippen LogP contribution in [0.1, 0.15) is 39.6 Å². The fourth-order valence-electron chi connectivity index (χ4n) is 4.21. The molecule has 1 fully saturated rings. The first-order chi connectivity index (χ1) is 16.2. The van der Waals surface area contributed by atoms with Crippen LogP contribution in [0.25, 0.3) is 5.69 Å². The lowest BCUT2D eigenvalue weighted by atomic mass is 10.0. The summed E-state index contributed by atoms with van der Waals surface area (Å²) >= 11 is 5.75. The van der Waals surface area contributed by atoms with Gasteiger partial charge >= 0.3 is 5.97 Å². The standard InChI is InChI=1S/C25H22N4O3S/c1-31-24(30)17-9-11-18(12-10-17)28-14-4-8-21(28)23-22(20-7-2-3-13-26-20)27-25(33)29(23)16-19-6-5-15-32-19/h2-15,22-23H,16H2,1H3,(H,27,33)/t22-,23+/m0/s1. The van der Waals surface area contributed by atoms with Crippen molar-refractivity contribution < 1.29 is 13.9 Å². The predicted molar refractivity (Wildman–Crippen MR) is 127 cm³/mol. The largest absolute Gasteiger partial charge is 0.467 e. The van der Waals surface area contributed by atoms with Crippen molar-refractivity contribution >= 4 is 23.3 Å². The predicted octanol–water partition coefficient (Wildman–Crippen LogP) is 4.42. The monoisotopic (exact) mass is 458 g/mol. The van der Waals surface area contributed by atoms with Crippen LogP contribution in [0.15, 0.2) is 89.8 Å². The Morgan fingerprint density at radius 3 is 2.67 bits per heavy atom. The number of aromatic nitrogens is 2. The number of ether oxygens (including phenoxy) is 1. The molecule has 0 radical (unpaired) electrons. The number of hydrogen-bond acceptors (Lipinski definition) is 5. The number of esters is 1. The number of nitrogens with one attached hydrogen (secondary N) is 1. The Morgan fingerprint density at radius 1 is 1.12 bits per heavy atom. The third kappa shape index (κ3) is 4.01. The van der Waals surface area contributed by atoms with E-state index in [0.717, 1.165) is 22.8 Å². The number of nitrogens with zero attached hydrogens (tertiary/aromatic N) is 3. The summed E-state index contributed by atoms with van der Waals surface area (Å²) in [6, 6.07) is 20.8. The van der Waals surface area contributed by atoms with Gasteiger partial charge in [-0.2, -0.15) is 0 Å². The number of carbonyl (C=O) groups is 1. The number of methoxy groups -OCH3 is 1. The number of carbonyl (C=O) groups excluding carboxylic acids is 1. The summed E-state index contributed by atoms with van der Waals surface area (Å²) in [6.07, 6.45) is 5.46. The minimum atomic E-state index is -0.362. The molecule has 0 amide bonds. The van der Waals surface area contributed by atoms with Gasteiger partial charge in [0, 0.05) is 23.8 Å². The van der Waals surface area contributed by atoms with E-state index in [-0.39, 0.29) is 18.1 Å². The van der Waals surface area contributed by atoms with Crippen molar-refractivity contribution in [3.63, 3.8) is 0 Å². The van der Waals surface area contributed by atoms with Crippen molar-refractivity contribution in [2.75, 3.05) is 7.11 Å². The molecule has 7 nitrogen and oxygen atoms in total. The Bertz CT molecular complexity index is 1250. The van der Waals surface area contributed by atoms with E-state index in [1.165, 1.54) is 7.11 Å². The van der Waals surface area contributed by atoms with E-state index >= 15 is 0 Å². The van der Waals surface area contributed by atoms with Crippen molar-refractivity contribution in [2.24, 2.45) is 0 Å². The Balaban J connectivity index is 1.56. The van der Waals surface area contributed by atoms with Crippen molar-refractivity contribution in [1.82, 2.24) is 19.8 Å². The third-order valence-corrected chi connectivity index (χ3v) is 6.11. The smallest absolute Gasteiger partial charge is 0.337 e. The van der Waals surface area contributed by atoms with Gasteiger partial charge in [0.2, 0.25) is 0 Å². The van der Waals surface area contributed by atoms with Crippen LogP contribution in [-0.4, -0.2) is 32.6 Å². The van der Waals surface area contributed by atoms with Crippen molar-refractivity contribution in [2.45, 2.75) is 18.6 Å². The second kappa shape index (κ2) is 8.91. The van der Waals surface area contributed by atoms with Gasteiger partial charge in [-0.15, -0.1) is 0 Å². The molecule has 4 heterocycles. The number of furan rings is 1. The third-order valence-electron chi connectivity index (χ3n) is 5.75. The zero-order valence-electron chi connectivity index (χ0n) is 17.9. The highest BCUT2D eigenvalue weighted by atomic mass is 32.1. The number of pyridine rings is 1. The molecule has 8 heteroatoms. The van der Waals surface area contributed by atoms with E-state index in [0.29, 0.717) is 17.2 Å². The maximum absolute atomic E-state index is 11.8. The second-order valence-electron chi connectivity index (χ2n) is 7.68. The van der Waals surface area contributed by atoms with E-state index in [4.69, 9.17) is 21.4 Å². The summed E-state index contributed by atoms with van der Waals surface area (Å²) < 4.78 is 12.5. The SMILES string of the molecule is COC(=O)c1ccc(-n2cccc2[C@@H]2[C@H](c3ccccn3)NC(=S)N2Cc2ccco2)cc1. The van der Waals surface area contributed by atoms with Crippen LogP contribution in [0.4, 0.5) is 0 Å². The lowest BCUT2D eigenvalue weighted by Gasteiger charge is -2.28. The average molecular weight is 459 g/mol. The number of thiocarbonyl (C=S) groups is 1. The molecule has 3 aromatic heterocycles. The highest BCUT2D eigenvalue weighted by Gasteiger charge is 2.41. The van der Waals surface area contributed by atoms with Gasteiger partial charge in [0.1, 0.15) is 5.76 Å². The number of hydrogen-bond donors (Lipinski definition) is 1. The van der Waals surface area contributed by atoms with Crippen LogP contribution in [0.5, 0.6) is 0 Å². The van der Waals surface area contributed by atoms with Crippen LogP contribution >= 0.6 is 12.2 Å². The van der Waals surface area contributed by atoms with Gasteiger partial charge in [0.05, 0.1) is 43.3 Å². The minimum Gasteiger partial charge on any atom is -0.467 e. The van der Waals surface area contributed by atoms with Gasteiger partial charge in [0.15, 0.2) is 5.11 Å². The van der Waals surface area contributed by atoms with E-state index in [9.17, 15) is 4.79 Å². The zero-order chi connectivity index (χ0) is 22.8. The number of rotatable bonds is 6. The maximum atomic E-state index is 11.8. The van der Waals surface area contributed by atoms with Gasteiger partial charge in [-0.1, -0.05) is 6.07 Å². The number of benzene rings is 1. The minimum absolute atomic E-state index is 0.132. The highest BCUT2D eigenvalue weighted by Crippen LogP contribution is 2.40. The average Bonchev–Trinajstić information content (AvgIpc) is 3.61. The molecule has 0 unspecified atom stereocenters. The lowest BCUT2D eigenvalue weighted by Crippen LogP contribution is -2.29. The maximum Gasteiger partial charge on any atom is 0.337 e. The van der Waals surface area contributed by atoms with Gasteiger partial charge in [-0.05, 0) is 72.9 Å². The summed E-state index contributed by atoms with van der Waals surface area (Å²) in [5.41, 5.74) is 3.37. The molecule has 0 bridgehead atoms. The van der Waals surface area contributed by atoms with Gasteiger partial charge in [-0.25, -0.2) is 4.79 Å². The molecule has 5 rings (SSSR count). The van der Waals surface area contributed by atoms with Crippen LogP contribution < -0.4 is 5.32 Å². The van der Waals surface area contributed by atoms with Crippen LogP contribution in [0, 0.1) is 0 Å². The first-order valence-corrected chi connectivity index (χ1v) is 10.9. The summed E-state index contributed by atoms with van der Waals surface area (Å²) in [4.78, 5) is 18.6. The zero-order valence-corrected chi connectivity index (χ0v) is 18.7. The van der Waals surface area contributed by atoms with Crippen molar-refractivity contribution in [3.05, 3.63) is 108 Å². The molecule has 33 heavy (non-hydrogen) atoms. The summed E-state index contributed by atoms with van der Waals surface area (Å²) in [7, 11) is 1.38. The lowest BCUT2D eigenvalue weighted by molar-refractivity contribution is 0.0600. The molecule has 0 spiro atoms. The quantitative estimate of drug-likeness (QED) is 0.339. The Hall–Kier alpha value is -3.91. The summed E-state index contributed by atoms with van der Waals surface area (Å²) in [6.45, 7) is 0.527. The topological polar surface area (TPSA) is 72.5 Å². The van der Waals surface area contributed by atoms with Crippen LogP contribution in [-0.2, 0) is 11.3 Å². The molecule has 1 N–H and O–H groups in total. The molecule has 0 saturated carbocycles. The molecule has 1 aromatic carbocycles. The van der Waals surface area contributed by atoms with Gasteiger partial charge in [-0.3, -0.25) is 4.98 Å². The Morgan fingerprint density at radius 2 is 1.97 bits per heavy atom. The van der Waals surface area contributed by atoms with E-state index < -0.39 is 0 Å². The van der Waals surface area contributed by atoms with Gasteiger partial charge < -0.3 is 23.9 Å². The summed E-state index contributed by atoms with van der Waals surface area (Å²) in [5, 5.41) is 4.10. The second-order valence-corrected chi connectivity index (χ2v) is 8.06. The first kappa shape index (κ1) is 21.0. The van der Waals surface area contributed by atoms with E-state index in [1.54, 1.807) is 24.6 Å². The fourth-order valence-corrected chi connectivity index (χ4v) is 4.52. The molecule has 1 aliphatic rings. The Labute approximate surface area is 196 Å². The highest BCUT2D eigenvalue weighted by molar-refractivity contribution is 7.80. The van der Waals surface area contributed by atoms with E-state index in [1.807, 2.05) is 54.7 Å². The molecule has 1 aliphatic heterocycles. The first-order valence-electron chi connectivity index (χ1n) is 10.5. The van der Waals surface area contributed by atoms with Gasteiger partial charge in [0.25, 0.3) is 0 Å². The molecular weight excluding hydrogens is 436 g/mol. The Kier molecular flexibility index (Phi) is 5.66. The van der Waals surface area contributed by atoms with Crippen LogP contribution in [0.2, 0.25) is 0 Å². The van der Waals surface area contributed by atoms with Crippen LogP contribution in [0.3, 0.4) is 0 Å².